The van der Waals surface area contributed by atoms with Crippen molar-refractivity contribution in [3.8, 4) is 11.5 Å². The Balaban J connectivity index is 1.99. The predicted octanol–water partition coefficient (Wildman–Crippen LogP) is 3.49. The third kappa shape index (κ3) is 4.81. The zero-order valence-electron chi connectivity index (χ0n) is 20.3. The van der Waals surface area contributed by atoms with E-state index in [-0.39, 0.29) is 29.4 Å². The van der Waals surface area contributed by atoms with Crippen molar-refractivity contribution in [2.75, 3.05) is 13.7 Å². The van der Waals surface area contributed by atoms with Crippen molar-refractivity contribution in [2.45, 2.75) is 26.8 Å². The summed E-state index contributed by atoms with van der Waals surface area (Å²) >= 11 is 4.39. The molecule has 1 N–H and O–H groups in total. The van der Waals surface area contributed by atoms with Crippen molar-refractivity contribution < 1.29 is 24.3 Å². The van der Waals surface area contributed by atoms with Gasteiger partial charge in [-0.15, -0.1) is 0 Å². The summed E-state index contributed by atoms with van der Waals surface area (Å²) in [6.07, 6.45) is 1.62. The van der Waals surface area contributed by atoms with Gasteiger partial charge in [0.15, 0.2) is 16.3 Å². The van der Waals surface area contributed by atoms with Gasteiger partial charge in [0.2, 0.25) is 0 Å². The maximum Gasteiger partial charge on any atom is 0.338 e. The number of carbonyl (C=O) groups excluding carboxylic acids is 1. The van der Waals surface area contributed by atoms with Crippen LogP contribution in [0, 0.1) is 17.0 Å². The minimum Gasteiger partial charge on any atom is -0.503 e. The molecule has 12 heteroatoms. The van der Waals surface area contributed by atoms with E-state index in [2.05, 4.69) is 20.9 Å². The zero-order chi connectivity index (χ0) is 27.0. The molecule has 4 rings (SSSR count). The number of rotatable bonds is 6. The van der Waals surface area contributed by atoms with Gasteiger partial charge in [-0.3, -0.25) is 19.5 Å². The number of phenolic OH excluding ortho intramolecular Hbond substituents is 1. The highest BCUT2D eigenvalue weighted by atomic mass is 79.9. The van der Waals surface area contributed by atoms with E-state index in [0.29, 0.717) is 36.2 Å². The number of fused-ring (bicyclic) bond motifs is 1. The molecule has 1 aromatic heterocycles. The Morgan fingerprint density at radius 3 is 2.70 bits per heavy atom. The molecule has 0 amide bonds. The van der Waals surface area contributed by atoms with Gasteiger partial charge >= 0.3 is 5.97 Å². The first kappa shape index (κ1) is 26.3. The molecule has 1 aliphatic heterocycles. The summed E-state index contributed by atoms with van der Waals surface area (Å²) in [6.45, 7) is 5.03. The first-order valence-electron chi connectivity index (χ1n) is 11.1. The normalized spacial score (nSPS) is 15.3. The van der Waals surface area contributed by atoms with Crippen LogP contribution in [0.25, 0.3) is 6.08 Å². The van der Waals surface area contributed by atoms with Crippen LogP contribution in [0.1, 0.15) is 36.6 Å². The summed E-state index contributed by atoms with van der Waals surface area (Å²) in [7, 11) is 1.42. The van der Waals surface area contributed by atoms with Crippen LogP contribution in [-0.2, 0) is 9.53 Å². The minimum atomic E-state index is -0.974. The molecule has 0 saturated carbocycles. The molecule has 1 aliphatic rings. The van der Waals surface area contributed by atoms with Crippen LogP contribution in [0.3, 0.4) is 0 Å². The molecular weight excluding hydrogens is 566 g/mol. The first-order chi connectivity index (χ1) is 17.6. The number of aromatic nitrogens is 1. The number of carbonyl (C=O) groups is 1. The van der Waals surface area contributed by atoms with Crippen molar-refractivity contribution in [3.63, 3.8) is 0 Å². The molecule has 0 spiro atoms. The van der Waals surface area contributed by atoms with Gasteiger partial charge in [0.1, 0.15) is 0 Å². The second-order valence-electron chi connectivity index (χ2n) is 8.16. The van der Waals surface area contributed by atoms with Gasteiger partial charge in [0, 0.05) is 11.6 Å². The highest BCUT2D eigenvalue weighted by Crippen LogP contribution is 2.36. The summed E-state index contributed by atoms with van der Waals surface area (Å²) in [4.78, 5) is 42.7. The lowest BCUT2D eigenvalue weighted by molar-refractivity contribution is -0.385. The van der Waals surface area contributed by atoms with E-state index >= 15 is 0 Å². The largest absolute Gasteiger partial charge is 0.503 e. The van der Waals surface area contributed by atoms with Crippen molar-refractivity contribution in [1.29, 1.82) is 0 Å². The molecule has 1 atom stereocenters. The van der Waals surface area contributed by atoms with Crippen LogP contribution in [0.5, 0.6) is 11.5 Å². The molecule has 0 radical (unpaired) electrons. The summed E-state index contributed by atoms with van der Waals surface area (Å²) in [5, 5.41) is 21.8. The van der Waals surface area contributed by atoms with Crippen molar-refractivity contribution in [1.82, 2.24) is 4.57 Å². The van der Waals surface area contributed by atoms with E-state index in [1.165, 1.54) is 17.7 Å². The number of benzene rings is 2. The molecule has 0 fully saturated rings. The molecule has 0 saturated heterocycles. The van der Waals surface area contributed by atoms with Crippen LogP contribution in [0.15, 0.2) is 55.9 Å². The fraction of sp³-hybridized carbons (Fsp3) is 0.240. The quantitative estimate of drug-likeness (QED) is 0.265. The average molecular weight is 588 g/mol. The molecule has 2 heterocycles. The Bertz CT molecular complexity index is 1660. The Kier molecular flexibility index (Phi) is 7.32. The smallest absolute Gasteiger partial charge is 0.338 e. The van der Waals surface area contributed by atoms with E-state index in [1.807, 2.05) is 0 Å². The summed E-state index contributed by atoms with van der Waals surface area (Å²) in [6, 6.07) is 6.85. The van der Waals surface area contributed by atoms with Crippen LogP contribution < -0.4 is 19.6 Å². The molecule has 192 valence electrons. The topological polar surface area (TPSA) is 133 Å². The van der Waals surface area contributed by atoms with Gasteiger partial charge < -0.3 is 14.6 Å². The van der Waals surface area contributed by atoms with E-state index in [9.17, 15) is 24.8 Å². The zero-order valence-corrected chi connectivity index (χ0v) is 22.7. The summed E-state index contributed by atoms with van der Waals surface area (Å²) in [5.41, 5.74) is 1.34. The molecule has 37 heavy (non-hydrogen) atoms. The number of methoxy groups -OCH3 is 1. The lowest BCUT2D eigenvalue weighted by atomic mass is 9.94. The first-order valence-corrected chi connectivity index (χ1v) is 12.7. The second-order valence-corrected chi connectivity index (χ2v) is 10.0. The minimum absolute atomic E-state index is 0.0724. The van der Waals surface area contributed by atoms with E-state index in [4.69, 9.17) is 9.47 Å². The van der Waals surface area contributed by atoms with Gasteiger partial charge in [-0.25, -0.2) is 9.79 Å². The number of nitro benzene ring substituents is 1. The Hall–Kier alpha value is -3.77. The average Bonchev–Trinajstić information content (AvgIpc) is 3.14. The number of allylic oxidation sites excluding steroid dienone is 1. The lowest BCUT2D eigenvalue weighted by Crippen LogP contribution is -2.40. The van der Waals surface area contributed by atoms with E-state index in [1.54, 1.807) is 51.1 Å². The fourth-order valence-electron chi connectivity index (χ4n) is 4.08. The van der Waals surface area contributed by atoms with Crippen LogP contribution in [0.2, 0.25) is 0 Å². The van der Waals surface area contributed by atoms with Crippen LogP contribution in [0.4, 0.5) is 5.69 Å². The number of aryl methyl sites for hydroxylation is 1. The number of nitro groups is 1. The second kappa shape index (κ2) is 10.3. The number of halogens is 1. The number of nitrogens with zero attached hydrogens (tertiary/aromatic N) is 3. The lowest BCUT2D eigenvalue weighted by Gasteiger charge is -2.24. The third-order valence-corrected chi connectivity index (χ3v) is 7.42. The standard InChI is InChI=1S/C25H22BrN3O7S/c1-5-36-24(32)20-13(3)27-25-28(21(20)15-7-6-12(2)17(11-15)29(33)34)23(31)19(37-25)10-14-8-16(26)22(30)18(9-14)35-4/h6-11,21,30H,5H2,1-4H3/b19-10+/t21-/m0/s1. The summed E-state index contributed by atoms with van der Waals surface area (Å²) < 4.78 is 12.5. The maximum absolute atomic E-state index is 13.7. The highest BCUT2D eigenvalue weighted by Gasteiger charge is 2.34. The van der Waals surface area contributed by atoms with Crippen molar-refractivity contribution in [3.05, 3.63) is 92.6 Å². The van der Waals surface area contributed by atoms with Gasteiger partial charge in [-0.05, 0) is 66.0 Å². The number of hydrogen-bond acceptors (Lipinski definition) is 9. The molecule has 10 nitrogen and oxygen atoms in total. The highest BCUT2D eigenvalue weighted by molar-refractivity contribution is 9.10. The number of phenols is 1. The summed E-state index contributed by atoms with van der Waals surface area (Å²) in [5.74, 6) is -0.506. The van der Waals surface area contributed by atoms with Gasteiger partial charge in [0.05, 0.1) is 45.0 Å². The van der Waals surface area contributed by atoms with Crippen molar-refractivity contribution >= 4 is 45.0 Å². The van der Waals surface area contributed by atoms with Crippen LogP contribution in [-0.4, -0.2) is 34.3 Å². The van der Waals surface area contributed by atoms with Gasteiger partial charge in [0.25, 0.3) is 11.2 Å². The van der Waals surface area contributed by atoms with E-state index < -0.39 is 22.5 Å². The Labute approximate surface area is 223 Å². The van der Waals surface area contributed by atoms with E-state index in [0.717, 1.165) is 11.3 Å². The van der Waals surface area contributed by atoms with Gasteiger partial charge in [-0.2, -0.15) is 0 Å². The molecule has 0 aliphatic carbocycles. The molecule has 2 aromatic carbocycles. The van der Waals surface area contributed by atoms with Crippen molar-refractivity contribution in [2.24, 2.45) is 4.99 Å². The molecule has 3 aromatic rings. The Morgan fingerprint density at radius 2 is 2.05 bits per heavy atom. The number of hydrogen-bond donors (Lipinski definition) is 1. The maximum atomic E-state index is 13.7. The Morgan fingerprint density at radius 1 is 1.32 bits per heavy atom. The van der Waals surface area contributed by atoms with Crippen LogP contribution >= 0.6 is 27.3 Å². The molecule has 0 bridgehead atoms. The monoisotopic (exact) mass is 587 g/mol. The molecule has 0 unspecified atom stereocenters. The SMILES string of the molecule is CCOC(=O)C1=C(C)N=c2s/c(=C/c3cc(Br)c(O)c(OC)c3)c(=O)n2[C@H]1c1ccc(C)c([N+](=O)[O-])c1. The fourth-order valence-corrected chi connectivity index (χ4v) is 5.59. The number of aromatic hydroxyl groups is 1. The van der Waals surface area contributed by atoms with Gasteiger partial charge in [-0.1, -0.05) is 23.5 Å². The predicted molar refractivity (Wildman–Crippen MR) is 141 cm³/mol. The number of ether oxygens (including phenoxy) is 2. The molecular formula is C25H22BrN3O7S. The number of thiazole rings is 1. The number of esters is 1. The third-order valence-electron chi connectivity index (χ3n) is 5.83.